The van der Waals surface area contributed by atoms with E-state index in [4.69, 9.17) is 0 Å². The summed E-state index contributed by atoms with van der Waals surface area (Å²) in [4.78, 5) is 11.2. The van der Waals surface area contributed by atoms with Gasteiger partial charge in [-0.05, 0) is 12.5 Å². The SMILES string of the molecule is Cc1c(NN2C=NCC2)cc(O)c2nc[nH]c12. The molecule has 0 bridgehead atoms. The van der Waals surface area contributed by atoms with Crippen LogP contribution in [-0.2, 0) is 0 Å². The third-order valence-corrected chi connectivity index (χ3v) is 2.90. The molecule has 1 aliphatic rings. The number of nitrogens with one attached hydrogen (secondary N) is 2. The molecule has 17 heavy (non-hydrogen) atoms. The highest BCUT2D eigenvalue weighted by atomic mass is 16.3. The van der Waals surface area contributed by atoms with Crippen LogP contribution in [0.3, 0.4) is 0 Å². The van der Waals surface area contributed by atoms with Crippen LogP contribution in [0.15, 0.2) is 17.4 Å². The first-order valence-electron chi connectivity index (χ1n) is 5.44. The van der Waals surface area contributed by atoms with E-state index in [1.807, 2.05) is 11.9 Å². The Hall–Kier alpha value is -2.24. The largest absolute Gasteiger partial charge is 0.506 e. The standard InChI is InChI=1S/C11H13N5O/c1-7-8(15-16-3-2-12-6-16)4-9(17)11-10(7)13-5-14-11/h4-6,15,17H,2-3H2,1H3,(H,13,14). The molecule has 0 spiro atoms. The van der Waals surface area contributed by atoms with Crippen LogP contribution in [0.4, 0.5) is 5.69 Å². The molecule has 0 amide bonds. The van der Waals surface area contributed by atoms with E-state index in [1.165, 1.54) is 0 Å². The Morgan fingerprint density at radius 1 is 1.53 bits per heavy atom. The Balaban J connectivity index is 2.03. The molecule has 1 aliphatic heterocycles. The van der Waals surface area contributed by atoms with E-state index in [1.54, 1.807) is 18.7 Å². The van der Waals surface area contributed by atoms with Gasteiger partial charge in [0, 0.05) is 6.07 Å². The van der Waals surface area contributed by atoms with Gasteiger partial charge in [-0.15, -0.1) is 0 Å². The summed E-state index contributed by atoms with van der Waals surface area (Å²) in [6, 6.07) is 1.69. The van der Waals surface area contributed by atoms with Crippen molar-refractivity contribution in [1.29, 1.82) is 0 Å². The average Bonchev–Trinajstić information content (AvgIpc) is 2.96. The van der Waals surface area contributed by atoms with Crippen LogP contribution in [0.1, 0.15) is 5.56 Å². The normalized spacial score (nSPS) is 14.8. The topological polar surface area (TPSA) is 76.5 Å². The Kier molecular flexibility index (Phi) is 2.14. The van der Waals surface area contributed by atoms with Crippen LogP contribution in [0.5, 0.6) is 5.75 Å². The van der Waals surface area contributed by atoms with E-state index in [0.717, 1.165) is 29.9 Å². The van der Waals surface area contributed by atoms with Crippen molar-refractivity contribution in [2.75, 3.05) is 18.5 Å². The van der Waals surface area contributed by atoms with E-state index in [-0.39, 0.29) is 5.75 Å². The summed E-state index contributed by atoms with van der Waals surface area (Å²) in [6.07, 6.45) is 3.34. The van der Waals surface area contributed by atoms with Crippen LogP contribution in [0.25, 0.3) is 11.0 Å². The second kappa shape index (κ2) is 3.65. The summed E-state index contributed by atoms with van der Waals surface area (Å²) in [7, 11) is 0. The smallest absolute Gasteiger partial charge is 0.145 e. The number of rotatable bonds is 2. The summed E-state index contributed by atoms with van der Waals surface area (Å²) < 4.78 is 0. The Morgan fingerprint density at radius 2 is 2.41 bits per heavy atom. The van der Waals surface area contributed by atoms with Gasteiger partial charge in [0.1, 0.15) is 17.6 Å². The number of H-pyrrole nitrogens is 1. The minimum Gasteiger partial charge on any atom is -0.506 e. The number of hydrogen-bond donors (Lipinski definition) is 3. The molecular weight excluding hydrogens is 218 g/mol. The first-order valence-corrected chi connectivity index (χ1v) is 5.44. The monoisotopic (exact) mass is 231 g/mol. The van der Waals surface area contributed by atoms with E-state index < -0.39 is 0 Å². The molecule has 3 rings (SSSR count). The molecule has 3 N–H and O–H groups in total. The predicted molar refractivity (Wildman–Crippen MR) is 66.2 cm³/mol. The lowest BCUT2D eigenvalue weighted by atomic mass is 10.1. The van der Waals surface area contributed by atoms with Gasteiger partial charge in [0.25, 0.3) is 0 Å². The number of aryl methyl sites for hydroxylation is 1. The zero-order valence-electron chi connectivity index (χ0n) is 9.44. The molecule has 0 fully saturated rings. The van der Waals surface area contributed by atoms with Crippen LogP contribution < -0.4 is 5.43 Å². The molecule has 0 radical (unpaired) electrons. The van der Waals surface area contributed by atoms with Crippen molar-refractivity contribution < 1.29 is 5.11 Å². The highest BCUT2D eigenvalue weighted by Crippen LogP contribution is 2.31. The molecule has 6 nitrogen and oxygen atoms in total. The van der Waals surface area contributed by atoms with Crippen molar-refractivity contribution in [2.45, 2.75) is 6.92 Å². The maximum Gasteiger partial charge on any atom is 0.145 e. The minimum absolute atomic E-state index is 0.172. The average molecular weight is 231 g/mol. The van der Waals surface area contributed by atoms with Gasteiger partial charge >= 0.3 is 0 Å². The fourth-order valence-electron chi connectivity index (χ4n) is 1.96. The van der Waals surface area contributed by atoms with Gasteiger partial charge in [0.2, 0.25) is 0 Å². The van der Waals surface area contributed by atoms with Gasteiger partial charge in [-0.2, -0.15) is 0 Å². The molecule has 0 atom stereocenters. The first-order chi connectivity index (χ1) is 8.25. The number of nitrogens with zero attached hydrogens (tertiary/aromatic N) is 3. The van der Waals surface area contributed by atoms with Crippen LogP contribution in [0, 0.1) is 6.92 Å². The van der Waals surface area contributed by atoms with Crippen molar-refractivity contribution in [2.24, 2.45) is 4.99 Å². The number of aromatic nitrogens is 2. The maximum absolute atomic E-state index is 9.86. The third-order valence-electron chi connectivity index (χ3n) is 2.90. The number of aromatic hydroxyl groups is 1. The first kappa shape index (κ1) is 9.95. The van der Waals surface area contributed by atoms with E-state index >= 15 is 0 Å². The number of hydrazine groups is 1. The molecule has 1 aromatic heterocycles. The molecular formula is C11H13N5O. The highest BCUT2D eigenvalue weighted by Gasteiger charge is 2.13. The van der Waals surface area contributed by atoms with Gasteiger partial charge in [0.15, 0.2) is 0 Å². The quantitative estimate of drug-likeness (QED) is 0.727. The summed E-state index contributed by atoms with van der Waals surface area (Å²) in [5.41, 5.74) is 6.54. The fourth-order valence-corrected chi connectivity index (χ4v) is 1.96. The zero-order valence-corrected chi connectivity index (χ0v) is 9.44. The summed E-state index contributed by atoms with van der Waals surface area (Å²) in [5.74, 6) is 0.172. The fraction of sp³-hybridized carbons (Fsp3) is 0.273. The van der Waals surface area contributed by atoms with Crippen molar-refractivity contribution in [3.8, 4) is 5.75 Å². The number of phenols is 1. The number of phenolic OH excluding ortho intramolecular Hbond substituents is 1. The maximum atomic E-state index is 9.86. The van der Waals surface area contributed by atoms with Crippen molar-refractivity contribution >= 4 is 23.1 Å². The van der Waals surface area contributed by atoms with Gasteiger partial charge in [-0.1, -0.05) is 0 Å². The molecule has 0 saturated heterocycles. The lowest BCUT2D eigenvalue weighted by molar-refractivity contribution is 0.479. The summed E-state index contributed by atoms with van der Waals surface area (Å²) in [6.45, 7) is 3.61. The highest BCUT2D eigenvalue weighted by molar-refractivity contribution is 5.89. The second-order valence-corrected chi connectivity index (χ2v) is 4.02. The number of aliphatic imine (C=N–C) groups is 1. The van der Waals surface area contributed by atoms with E-state index in [9.17, 15) is 5.11 Å². The number of anilines is 1. The number of benzene rings is 1. The Bertz CT molecular complexity index is 589. The van der Waals surface area contributed by atoms with Crippen LogP contribution in [0.2, 0.25) is 0 Å². The summed E-state index contributed by atoms with van der Waals surface area (Å²) in [5, 5.41) is 11.8. The van der Waals surface area contributed by atoms with Gasteiger partial charge in [-0.25, -0.2) is 4.98 Å². The Morgan fingerprint density at radius 3 is 3.18 bits per heavy atom. The van der Waals surface area contributed by atoms with Crippen molar-refractivity contribution in [3.63, 3.8) is 0 Å². The Labute approximate surface area is 98.0 Å². The molecule has 0 unspecified atom stereocenters. The van der Waals surface area contributed by atoms with E-state index in [0.29, 0.717) is 5.52 Å². The van der Waals surface area contributed by atoms with Gasteiger partial charge in [0.05, 0.1) is 30.6 Å². The molecule has 2 heterocycles. The summed E-state index contributed by atoms with van der Waals surface area (Å²) >= 11 is 0. The van der Waals surface area contributed by atoms with Crippen molar-refractivity contribution in [3.05, 3.63) is 18.0 Å². The predicted octanol–water partition coefficient (Wildman–Crippen LogP) is 1.25. The third kappa shape index (κ3) is 1.57. The molecule has 0 aliphatic carbocycles. The molecule has 1 aromatic carbocycles. The number of aromatic amines is 1. The lowest BCUT2D eigenvalue weighted by Gasteiger charge is -2.18. The lowest BCUT2D eigenvalue weighted by Crippen LogP contribution is -2.26. The van der Waals surface area contributed by atoms with Crippen molar-refractivity contribution in [1.82, 2.24) is 15.0 Å². The van der Waals surface area contributed by atoms with Gasteiger partial charge < -0.3 is 10.1 Å². The zero-order chi connectivity index (χ0) is 11.8. The minimum atomic E-state index is 0.172. The molecule has 88 valence electrons. The molecule has 0 saturated carbocycles. The second-order valence-electron chi connectivity index (χ2n) is 4.02. The van der Waals surface area contributed by atoms with Crippen LogP contribution >= 0.6 is 0 Å². The van der Waals surface area contributed by atoms with Crippen LogP contribution in [-0.4, -0.2) is 39.5 Å². The number of fused-ring (bicyclic) bond motifs is 1. The molecule has 2 aromatic rings. The number of imidazole rings is 1. The van der Waals surface area contributed by atoms with Gasteiger partial charge in [-0.3, -0.25) is 15.4 Å². The molecule has 6 heteroatoms. The van der Waals surface area contributed by atoms with E-state index in [2.05, 4.69) is 20.4 Å². The number of hydrogen-bond acceptors (Lipinski definition) is 5.